The van der Waals surface area contributed by atoms with Crippen molar-refractivity contribution < 1.29 is 9.59 Å². The normalized spacial score (nSPS) is 29.4. The molecule has 1 aliphatic heterocycles. The van der Waals surface area contributed by atoms with Crippen LogP contribution in [0.2, 0.25) is 0 Å². The first-order valence-electron chi connectivity index (χ1n) is 3.18. The van der Waals surface area contributed by atoms with Crippen LogP contribution in [0.5, 0.6) is 0 Å². The van der Waals surface area contributed by atoms with Gasteiger partial charge < -0.3 is 0 Å². The van der Waals surface area contributed by atoms with E-state index < -0.39 is 0 Å². The minimum absolute atomic E-state index is 0.196. The minimum atomic E-state index is -0.266. The largest absolute Gasteiger partial charge is 0.292 e. The molecule has 1 heterocycles. The minimum Gasteiger partial charge on any atom is -0.292 e. The Bertz CT molecular complexity index is 218. The SMILES string of the molecule is C/C=C1/C(=O)NC(=O)[C@@H]1C. The van der Waals surface area contributed by atoms with Crippen LogP contribution in [0, 0.1) is 5.92 Å². The Labute approximate surface area is 59.1 Å². The molecule has 1 fully saturated rings. The summed E-state index contributed by atoms with van der Waals surface area (Å²) < 4.78 is 0. The maximum Gasteiger partial charge on any atom is 0.254 e. The number of amides is 2. The van der Waals surface area contributed by atoms with Gasteiger partial charge in [-0.25, -0.2) is 0 Å². The lowest BCUT2D eigenvalue weighted by Crippen LogP contribution is -2.21. The Morgan fingerprint density at radius 1 is 1.50 bits per heavy atom. The van der Waals surface area contributed by atoms with Gasteiger partial charge >= 0.3 is 0 Å². The number of carbonyl (C=O) groups excluding carboxylic acids is 2. The molecule has 54 valence electrons. The Kier molecular flexibility index (Phi) is 1.57. The fraction of sp³-hybridized carbons (Fsp3) is 0.429. The second-order valence-corrected chi connectivity index (χ2v) is 2.28. The zero-order valence-corrected chi connectivity index (χ0v) is 5.97. The lowest BCUT2D eigenvalue weighted by molar-refractivity contribution is -0.125. The maximum atomic E-state index is 10.8. The number of carbonyl (C=O) groups is 2. The van der Waals surface area contributed by atoms with E-state index in [0.29, 0.717) is 5.57 Å². The van der Waals surface area contributed by atoms with E-state index in [-0.39, 0.29) is 17.7 Å². The monoisotopic (exact) mass is 139 g/mol. The van der Waals surface area contributed by atoms with E-state index in [1.54, 1.807) is 19.9 Å². The van der Waals surface area contributed by atoms with E-state index in [4.69, 9.17) is 0 Å². The Balaban J connectivity index is 2.95. The smallest absolute Gasteiger partial charge is 0.254 e. The number of rotatable bonds is 0. The predicted octanol–water partition coefficient (Wildman–Crippen LogP) is 0.225. The van der Waals surface area contributed by atoms with Crippen LogP contribution in [0.15, 0.2) is 11.6 Å². The van der Waals surface area contributed by atoms with Crippen LogP contribution >= 0.6 is 0 Å². The summed E-state index contributed by atoms with van der Waals surface area (Å²) >= 11 is 0. The van der Waals surface area contributed by atoms with Crippen molar-refractivity contribution >= 4 is 11.8 Å². The molecule has 0 spiro atoms. The summed E-state index contributed by atoms with van der Waals surface area (Å²) in [5, 5.41) is 2.22. The zero-order valence-electron chi connectivity index (χ0n) is 5.97. The van der Waals surface area contributed by atoms with Gasteiger partial charge in [0.1, 0.15) is 0 Å². The second-order valence-electron chi connectivity index (χ2n) is 2.28. The molecule has 0 aromatic rings. The number of allylic oxidation sites excluding steroid dienone is 1. The molecule has 1 N–H and O–H groups in total. The topological polar surface area (TPSA) is 46.2 Å². The summed E-state index contributed by atoms with van der Waals surface area (Å²) in [5.74, 6) is -0.712. The molecule has 0 aromatic carbocycles. The molecule has 1 atom stereocenters. The van der Waals surface area contributed by atoms with E-state index in [2.05, 4.69) is 5.32 Å². The van der Waals surface area contributed by atoms with Gasteiger partial charge in [0.2, 0.25) is 5.91 Å². The first kappa shape index (κ1) is 6.99. The number of nitrogens with one attached hydrogen (secondary N) is 1. The highest BCUT2D eigenvalue weighted by atomic mass is 16.2. The van der Waals surface area contributed by atoms with Gasteiger partial charge in [-0.05, 0) is 13.8 Å². The van der Waals surface area contributed by atoms with Crippen molar-refractivity contribution in [3.63, 3.8) is 0 Å². The van der Waals surface area contributed by atoms with E-state index >= 15 is 0 Å². The summed E-state index contributed by atoms with van der Waals surface area (Å²) in [6, 6.07) is 0. The summed E-state index contributed by atoms with van der Waals surface area (Å²) in [6.07, 6.45) is 1.67. The van der Waals surface area contributed by atoms with Crippen molar-refractivity contribution in [1.82, 2.24) is 5.32 Å². The van der Waals surface area contributed by atoms with Crippen LogP contribution in [0.4, 0.5) is 0 Å². The van der Waals surface area contributed by atoms with Gasteiger partial charge in [-0.15, -0.1) is 0 Å². The van der Waals surface area contributed by atoms with Crippen molar-refractivity contribution in [2.45, 2.75) is 13.8 Å². The average Bonchev–Trinajstić information content (AvgIpc) is 2.09. The molecule has 2 amide bonds. The van der Waals surface area contributed by atoms with Gasteiger partial charge in [0.25, 0.3) is 5.91 Å². The van der Waals surface area contributed by atoms with Gasteiger partial charge in [-0.3, -0.25) is 14.9 Å². The van der Waals surface area contributed by atoms with Crippen molar-refractivity contribution in [3.05, 3.63) is 11.6 Å². The molecule has 0 unspecified atom stereocenters. The first-order chi connectivity index (χ1) is 4.66. The molecule has 0 saturated carbocycles. The molecule has 1 saturated heterocycles. The predicted molar refractivity (Wildman–Crippen MR) is 36.1 cm³/mol. The van der Waals surface area contributed by atoms with Gasteiger partial charge in [-0.1, -0.05) is 6.08 Å². The van der Waals surface area contributed by atoms with Crippen LogP contribution < -0.4 is 5.32 Å². The first-order valence-corrected chi connectivity index (χ1v) is 3.18. The quantitative estimate of drug-likeness (QED) is 0.385. The Hall–Kier alpha value is -1.12. The van der Waals surface area contributed by atoms with E-state index in [9.17, 15) is 9.59 Å². The zero-order chi connectivity index (χ0) is 7.72. The Morgan fingerprint density at radius 3 is 2.30 bits per heavy atom. The molecule has 3 nitrogen and oxygen atoms in total. The molecule has 0 aliphatic carbocycles. The van der Waals surface area contributed by atoms with Crippen molar-refractivity contribution in [2.75, 3.05) is 0 Å². The molecule has 3 heteroatoms. The molecular weight excluding hydrogens is 130 g/mol. The molecule has 0 radical (unpaired) electrons. The third-order valence-electron chi connectivity index (χ3n) is 1.67. The van der Waals surface area contributed by atoms with Crippen molar-refractivity contribution in [1.29, 1.82) is 0 Å². The highest BCUT2D eigenvalue weighted by Crippen LogP contribution is 2.16. The standard InChI is InChI=1S/C7H9NO2/c1-3-5-4(2)6(9)8-7(5)10/h3-4H,1-2H3,(H,8,9,10)/b5-3+/t4-/m1/s1. The number of hydrogen-bond donors (Lipinski definition) is 1. The van der Waals surface area contributed by atoms with Crippen LogP contribution in [0.25, 0.3) is 0 Å². The summed E-state index contributed by atoms with van der Waals surface area (Å²) in [4.78, 5) is 21.6. The number of imide groups is 1. The molecular formula is C7H9NO2. The number of hydrogen-bond acceptors (Lipinski definition) is 2. The van der Waals surface area contributed by atoms with Crippen LogP contribution in [-0.4, -0.2) is 11.8 Å². The van der Waals surface area contributed by atoms with Crippen LogP contribution in [0.3, 0.4) is 0 Å². The van der Waals surface area contributed by atoms with Crippen LogP contribution in [-0.2, 0) is 9.59 Å². The van der Waals surface area contributed by atoms with E-state index in [1.807, 2.05) is 0 Å². The summed E-state index contributed by atoms with van der Waals surface area (Å²) in [5.41, 5.74) is 0.574. The third kappa shape index (κ3) is 0.835. The highest BCUT2D eigenvalue weighted by molar-refractivity contribution is 6.14. The van der Waals surface area contributed by atoms with Gasteiger partial charge in [0.05, 0.1) is 5.92 Å². The summed E-state index contributed by atoms with van der Waals surface area (Å²) in [6.45, 7) is 3.47. The summed E-state index contributed by atoms with van der Waals surface area (Å²) in [7, 11) is 0. The van der Waals surface area contributed by atoms with E-state index in [1.165, 1.54) is 0 Å². The third-order valence-corrected chi connectivity index (χ3v) is 1.67. The Morgan fingerprint density at radius 2 is 2.10 bits per heavy atom. The lowest BCUT2D eigenvalue weighted by atomic mass is 10.0. The lowest BCUT2D eigenvalue weighted by Gasteiger charge is -1.94. The fourth-order valence-electron chi connectivity index (χ4n) is 1.01. The molecule has 1 aliphatic rings. The molecule has 0 aromatic heterocycles. The van der Waals surface area contributed by atoms with Gasteiger partial charge in [-0.2, -0.15) is 0 Å². The fourth-order valence-corrected chi connectivity index (χ4v) is 1.01. The van der Waals surface area contributed by atoms with Crippen molar-refractivity contribution in [3.8, 4) is 0 Å². The molecule has 10 heavy (non-hydrogen) atoms. The van der Waals surface area contributed by atoms with Gasteiger partial charge in [0.15, 0.2) is 0 Å². The maximum absolute atomic E-state index is 10.8. The average molecular weight is 139 g/mol. The van der Waals surface area contributed by atoms with Crippen LogP contribution in [0.1, 0.15) is 13.8 Å². The van der Waals surface area contributed by atoms with Gasteiger partial charge in [0, 0.05) is 5.57 Å². The van der Waals surface area contributed by atoms with Crippen molar-refractivity contribution in [2.24, 2.45) is 5.92 Å². The second kappa shape index (κ2) is 2.25. The highest BCUT2D eigenvalue weighted by Gasteiger charge is 2.31. The van der Waals surface area contributed by atoms with E-state index in [0.717, 1.165) is 0 Å². The molecule has 0 bridgehead atoms. The molecule has 1 rings (SSSR count).